The lowest BCUT2D eigenvalue weighted by atomic mass is 9.70. The first kappa shape index (κ1) is 22.5. The molecule has 0 spiro atoms. The molecule has 0 aliphatic rings. The Hall–Kier alpha value is -3.26. The van der Waals surface area contributed by atoms with Gasteiger partial charge in [0.15, 0.2) is 0 Å². The molecule has 5 aromatic rings. The second-order valence-corrected chi connectivity index (χ2v) is 11.3. The highest BCUT2D eigenvalue weighted by atomic mass is 16.5. The van der Waals surface area contributed by atoms with Crippen LogP contribution < -0.4 is 9.47 Å². The van der Waals surface area contributed by atoms with E-state index >= 15 is 0 Å². The number of benzene rings is 5. The molecule has 2 heteroatoms. The minimum Gasteiger partial charge on any atom is -0.496 e. The Kier molecular flexibility index (Phi) is 5.06. The van der Waals surface area contributed by atoms with Crippen LogP contribution in [0.2, 0.25) is 0 Å². The quantitative estimate of drug-likeness (QED) is 0.250. The van der Waals surface area contributed by atoms with Crippen molar-refractivity contribution in [2.75, 3.05) is 14.2 Å². The van der Waals surface area contributed by atoms with Gasteiger partial charge in [-0.25, -0.2) is 0 Å². The van der Waals surface area contributed by atoms with Crippen LogP contribution in [0.1, 0.15) is 52.7 Å². The summed E-state index contributed by atoms with van der Waals surface area (Å²) < 4.78 is 11.9. The predicted molar refractivity (Wildman–Crippen MR) is 147 cm³/mol. The maximum Gasteiger partial charge on any atom is 0.127 e. The number of hydrogen-bond acceptors (Lipinski definition) is 2. The van der Waals surface area contributed by atoms with Crippen LogP contribution in [0, 0.1) is 0 Å². The number of methoxy groups -OCH3 is 2. The standard InChI is InChI=1S/C32H34O2/c1-31(2,3)29-23-17-25(33-7)19-13-9-11-15-21(19)27(23)28-22-16-12-10-14-20(22)26(34-8)18-24(28)30(29)32(4,5)6/h9-18H,1-8H3. The van der Waals surface area contributed by atoms with E-state index in [9.17, 15) is 0 Å². The fourth-order valence-electron chi connectivity index (χ4n) is 5.78. The molecule has 0 aliphatic carbocycles. The van der Waals surface area contributed by atoms with E-state index in [1.54, 1.807) is 14.2 Å². The predicted octanol–water partition coefficient (Wildman–Crippen LogP) is 8.91. The van der Waals surface area contributed by atoms with Crippen LogP contribution in [-0.4, -0.2) is 14.2 Å². The molecule has 0 bridgehead atoms. The maximum absolute atomic E-state index is 5.94. The van der Waals surface area contributed by atoms with E-state index in [0.717, 1.165) is 22.3 Å². The molecule has 0 N–H and O–H groups in total. The van der Waals surface area contributed by atoms with Gasteiger partial charge in [0.1, 0.15) is 11.5 Å². The normalized spacial score (nSPS) is 12.7. The van der Waals surface area contributed by atoms with Crippen molar-refractivity contribution < 1.29 is 9.47 Å². The Bertz CT molecular complexity index is 1460. The molecule has 5 rings (SSSR count). The van der Waals surface area contributed by atoms with Crippen LogP contribution in [-0.2, 0) is 10.8 Å². The molecular formula is C32H34O2. The van der Waals surface area contributed by atoms with Gasteiger partial charge in [-0.05, 0) is 66.4 Å². The van der Waals surface area contributed by atoms with Gasteiger partial charge in [-0.2, -0.15) is 0 Å². The summed E-state index contributed by atoms with van der Waals surface area (Å²) in [5.74, 6) is 1.84. The lowest BCUT2D eigenvalue weighted by Crippen LogP contribution is -2.23. The third-order valence-corrected chi connectivity index (χ3v) is 6.99. The molecule has 0 saturated carbocycles. The first-order chi connectivity index (χ1) is 16.1. The number of rotatable bonds is 2. The SMILES string of the molecule is COc1cc2c(C(C)(C)C)c(C(C)(C)C)c3cc(OC)c4ccccc4c3c2c2ccccc12. The molecule has 0 aliphatic heterocycles. The van der Waals surface area contributed by atoms with Crippen LogP contribution in [0.25, 0.3) is 43.1 Å². The van der Waals surface area contributed by atoms with Gasteiger partial charge < -0.3 is 9.47 Å². The molecule has 0 fully saturated rings. The number of fused-ring (bicyclic) bond motifs is 7. The van der Waals surface area contributed by atoms with Crippen molar-refractivity contribution in [1.29, 1.82) is 0 Å². The van der Waals surface area contributed by atoms with Crippen LogP contribution in [0.3, 0.4) is 0 Å². The number of ether oxygens (including phenoxy) is 2. The third kappa shape index (κ3) is 3.23. The summed E-state index contributed by atoms with van der Waals surface area (Å²) in [7, 11) is 3.55. The number of hydrogen-bond donors (Lipinski definition) is 0. The van der Waals surface area contributed by atoms with Gasteiger partial charge in [-0.3, -0.25) is 0 Å². The van der Waals surface area contributed by atoms with Crippen molar-refractivity contribution in [2.24, 2.45) is 0 Å². The summed E-state index contributed by atoms with van der Waals surface area (Å²) in [4.78, 5) is 0. The zero-order valence-corrected chi connectivity index (χ0v) is 21.6. The van der Waals surface area contributed by atoms with E-state index < -0.39 is 0 Å². The monoisotopic (exact) mass is 450 g/mol. The highest BCUT2D eigenvalue weighted by molar-refractivity contribution is 6.30. The molecule has 0 saturated heterocycles. The average molecular weight is 451 g/mol. The van der Waals surface area contributed by atoms with E-state index in [1.165, 1.54) is 43.4 Å². The second kappa shape index (κ2) is 7.63. The van der Waals surface area contributed by atoms with Crippen molar-refractivity contribution in [3.05, 3.63) is 71.8 Å². The Morgan fingerprint density at radius 2 is 0.794 bits per heavy atom. The first-order valence-electron chi connectivity index (χ1n) is 12.0. The summed E-state index contributed by atoms with van der Waals surface area (Å²) in [6.45, 7) is 13.9. The van der Waals surface area contributed by atoms with Crippen LogP contribution >= 0.6 is 0 Å². The summed E-state index contributed by atoms with van der Waals surface area (Å²) >= 11 is 0. The molecule has 0 heterocycles. The van der Waals surface area contributed by atoms with Crippen molar-refractivity contribution in [1.82, 2.24) is 0 Å². The Morgan fingerprint density at radius 1 is 0.471 bits per heavy atom. The van der Waals surface area contributed by atoms with E-state index in [2.05, 4.69) is 102 Å². The van der Waals surface area contributed by atoms with Gasteiger partial charge in [0.2, 0.25) is 0 Å². The zero-order chi connectivity index (χ0) is 24.4. The first-order valence-corrected chi connectivity index (χ1v) is 12.0. The molecule has 0 amide bonds. The lowest BCUT2D eigenvalue weighted by Gasteiger charge is -2.34. The van der Waals surface area contributed by atoms with Gasteiger partial charge >= 0.3 is 0 Å². The van der Waals surface area contributed by atoms with E-state index in [4.69, 9.17) is 9.47 Å². The fraction of sp³-hybridized carbons (Fsp3) is 0.312. The summed E-state index contributed by atoms with van der Waals surface area (Å²) in [6, 6.07) is 21.8. The zero-order valence-electron chi connectivity index (χ0n) is 21.6. The molecule has 174 valence electrons. The summed E-state index contributed by atoms with van der Waals surface area (Å²) in [5.41, 5.74) is 2.62. The molecule has 0 radical (unpaired) electrons. The Morgan fingerprint density at radius 3 is 1.09 bits per heavy atom. The van der Waals surface area contributed by atoms with Crippen molar-refractivity contribution >= 4 is 43.1 Å². The van der Waals surface area contributed by atoms with Gasteiger partial charge in [-0.15, -0.1) is 0 Å². The minimum absolute atomic E-state index is 0.0681. The highest BCUT2D eigenvalue weighted by Crippen LogP contribution is 2.50. The molecule has 2 nitrogen and oxygen atoms in total. The van der Waals surface area contributed by atoms with Crippen LogP contribution in [0.5, 0.6) is 11.5 Å². The molecule has 5 aromatic carbocycles. The topological polar surface area (TPSA) is 18.5 Å². The highest BCUT2D eigenvalue weighted by Gasteiger charge is 2.32. The molecule has 0 unspecified atom stereocenters. The molecule has 34 heavy (non-hydrogen) atoms. The molecule has 0 aromatic heterocycles. The Labute approximate surface area is 202 Å². The molecule has 0 atom stereocenters. The second-order valence-electron chi connectivity index (χ2n) is 11.3. The maximum atomic E-state index is 5.94. The van der Waals surface area contributed by atoms with Crippen LogP contribution in [0.15, 0.2) is 60.7 Å². The van der Waals surface area contributed by atoms with E-state index in [0.29, 0.717) is 0 Å². The lowest BCUT2D eigenvalue weighted by molar-refractivity contribution is 0.420. The smallest absolute Gasteiger partial charge is 0.127 e. The van der Waals surface area contributed by atoms with Gasteiger partial charge in [-0.1, -0.05) is 90.1 Å². The van der Waals surface area contributed by atoms with Crippen molar-refractivity contribution in [2.45, 2.75) is 52.4 Å². The summed E-state index contributed by atoms with van der Waals surface area (Å²) in [5, 5.41) is 9.87. The largest absolute Gasteiger partial charge is 0.496 e. The van der Waals surface area contributed by atoms with E-state index in [1.807, 2.05) is 0 Å². The Balaban J connectivity index is 2.27. The van der Waals surface area contributed by atoms with Crippen molar-refractivity contribution in [3.63, 3.8) is 0 Å². The van der Waals surface area contributed by atoms with Gasteiger partial charge in [0.25, 0.3) is 0 Å². The van der Waals surface area contributed by atoms with Gasteiger partial charge in [0.05, 0.1) is 14.2 Å². The third-order valence-electron chi connectivity index (χ3n) is 6.99. The van der Waals surface area contributed by atoms with Crippen LogP contribution in [0.4, 0.5) is 0 Å². The molecular weight excluding hydrogens is 416 g/mol. The van der Waals surface area contributed by atoms with Crippen molar-refractivity contribution in [3.8, 4) is 11.5 Å². The fourth-order valence-corrected chi connectivity index (χ4v) is 5.78. The average Bonchev–Trinajstić information content (AvgIpc) is 2.80. The minimum atomic E-state index is -0.0681. The van der Waals surface area contributed by atoms with Gasteiger partial charge in [0, 0.05) is 10.8 Å². The van der Waals surface area contributed by atoms with E-state index in [-0.39, 0.29) is 10.8 Å². The summed E-state index contributed by atoms with van der Waals surface area (Å²) in [6.07, 6.45) is 0.